The molecule has 0 aliphatic carbocycles. The maximum atomic E-state index is 11.3. The minimum Gasteiger partial charge on any atom is -0.358 e. The molecular formula is C15H15N3O. The molecular weight excluding hydrogens is 238 g/mol. The first-order valence-electron chi connectivity index (χ1n) is 6.19. The number of aldehydes is 1. The Balaban J connectivity index is 2.39. The van der Waals surface area contributed by atoms with Gasteiger partial charge < -0.3 is 9.55 Å². The van der Waals surface area contributed by atoms with Crippen LogP contribution >= 0.6 is 0 Å². The van der Waals surface area contributed by atoms with Gasteiger partial charge in [0.2, 0.25) is 0 Å². The number of hydrogen-bond acceptors (Lipinski definition) is 2. The lowest BCUT2D eigenvalue weighted by Gasteiger charge is -2.00. The second kappa shape index (κ2) is 4.09. The Labute approximate surface area is 111 Å². The van der Waals surface area contributed by atoms with Crippen LogP contribution in [0.25, 0.3) is 22.2 Å². The zero-order valence-electron chi connectivity index (χ0n) is 11.2. The van der Waals surface area contributed by atoms with Gasteiger partial charge in [0.1, 0.15) is 17.2 Å². The molecule has 0 aliphatic heterocycles. The largest absolute Gasteiger partial charge is 0.358 e. The van der Waals surface area contributed by atoms with E-state index in [0.29, 0.717) is 5.69 Å². The number of nitrogens with zero attached hydrogens (tertiary/aromatic N) is 2. The quantitative estimate of drug-likeness (QED) is 0.714. The fraction of sp³-hybridized carbons (Fsp3) is 0.200. The summed E-state index contributed by atoms with van der Waals surface area (Å²) in [5, 5.41) is 1.10. The van der Waals surface area contributed by atoms with Gasteiger partial charge in [0, 0.05) is 29.2 Å². The summed E-state index contributed by atoms with van der Waals surface area (Å²) >= 11 is 0. The number of imidazole rings is 1. The number of aromatic nitrogens is 3. The number of fused-ring (bicyclic) bond motifs is 1. The van der Waals surface area contributed by atoms with Crippen LogP contribution in [0.4, 0.5) is 0 Å². The molecule has 19 heavy (non-hydrogen) atoms. The Morgan fingerprint density at radius 2 is 2.00 bits per heavy atom. The fourth-order valence-corrected chi connectivity index (χ4v) is 2.53. The van der Waals surface area contributed by atoms with Gasteiger partial charge >= 0.3 is 0 Å². The zero-order valence-corrected chi connectivity index (χ0v) is 11.2. The minimum absolute atomic E-state index is 0.616. The van der Waals surface area contributed by atoms with Crippen LogP contribution < -0.4 is 0 Å². The van der Waals surface area contributed by atoms with Gasteiger partial charge in [0.05, 0.1) is 0 Å². The van der Waals surface area contributed by atoms with Gasteiger partial charge in [-0.2, -0.15) is 0 Å². The van der Waals surface area contributed by atoms with Crippen molar-refractivity contribution >= 4 is 17.2 Å². The highest BCUT2D eigenvalue weighted by molar-refractivity contribution is 6.00. The lowest BCUT2D eigenvalue weighted by molar-refractivity contribution is 0.111. The van der Waals surface area contributed by atoms with E-state index in [1.54, 1.807) is 0 Å². The van der Waals surface area contributed by atoms with Crippen molar-refractivity contribution in [1.29, 1.82) is 0 Å². The molecule has 0 spiro atoms. The summed E-state index contributed by atoms with van der Waals surface area (Å²) in [5.41, 5.74) is 4.48. The number of aryl methyl sites for hydroxylation is 2. The van der Waals surface area contributed by atoms with Crippen LogP contribution in [-0.2, 0) is 7.05 Å². The zero-order chi connectivity index (χ0) is 13.6. The van der Waals surface area contributed by atoms with Crippen molar-refractivity contribution in [3.8, 4) is 11.3 Å². The standard InChI is InChI=1S/C15H15N3O/c1-9-14(11-6-4-5-7-12(11)16-9)15-13(8-19)18(3)10(2)17-15/h4-8,16H,1-3H3. The maximum Gasteiger partial charge on any atom is 0.168 e. The van der Waals surface area contributed by atoms with Crippen molar-refractivity contribution in [3.63, 3.8) is 0 Å². The van der Waals surface area contributed by atoms with E-state index in [9.17, 15) is 4.79 Å². The molecule has 0 radical (unpaired) electrons. The minimum atomic E-state index is 0.616. The Hall–Kier alpha value is -2.36. The first-order chi connectivity index (χ1) is 9.13. The molecule has 0 amide bonds. The van der Waals surface area contributed by atoms with Crippen LogP contribution in [-0.4, -0.2) is 20.8 Å². The molecule has 1 aromatic carbocycles. The molecule has 0 bridgehead atoms. The van der Waals surface area contributed by atoms with E-state index in [1.807, 2.05) is 49.7 Å². The number of rotatable bonds is 2. The number of H-pyrrole nitrogens is 1. The number of aromatic amines is 1. The van der Waals surface area contributed by atoms with Gasteiger partial charge in [0.25, 0.3) is 0 Å². The smallest absolute Gasteiger partial charge is 0.168 e. The summed E-state index contributed by atoms with van der Waals surface area (Å²) in [6, 6.07) is 8.07. The summed E-state index contributed by atoms with van der Waals surface area (Å²) in [7, 11) is 1.86. The van der Waals surface area contributed by atoms with Crippen molar-refractivity contribution in [3.05, 3.63) is 41.5 Å². The van der Waals surface area contributed by atoms with Gasteiger partial charge in [-0.25, -0.2) is 4.98 Å². The Kier molecular flexibility index (Phi) is 2.52. The van der Waals surface area contributed by atoms with Crippen LogP contribution in [0, 0.1) is 13.8 Å². The topological polar surface area (TPSA) is 50.7 Å². The SMILES string of the molecule is Cc1[nH]c2ccccc2c1-c1nc(C)n(C)c1C=O. The fourth-order valence-electron chi connectivity index (χ4n) is 2.53. The molecule has 0 saturated heterocycles. The molecule has 0 unspecified atom stereocenters. The number of carbonyl (C=O) groups excluding carboxylic acids is 1. The predicted molar refractivity (Wildman–Crippen MR) is 75.4 cm³/mol. The molecule has 3 aromatic rings. The van der Waals surface area contributed by atoms with Crippen molar-refractivity contribution in [1.82, 2.24) is 14.5 Å². The number of benzene rings is 1. The van der Waals surface area contributed by atoms with E-state index in [4.69, 9.17) is 0 Å². The third-order valence-corrected chi connectivity index (χ3v) is 3.60. The monoisotopic (exact) mass is 253 g/mol. The van der Waals surface area contributed by atoms with Crippen LogP contribution in [0.15, 0.2) is 24.3 Å². The summed E-state index contributed by atoms with van der Waals surface area (Å²) in [5.74, 6) is 0.835. The number of hydrogen-bond donors (Lipinski definition) is 1. The Morgan fingerprint density at radius 3 is 2.74 bits per heavy atom. The summed E-state index contributed by atoms with van der Waals surface area (Å²) in [4.78, 5) is 19.2. The molecule has 1 N–H and O–H groups in total. The second-order valence-electron chi connectivity index (χ2n) is 4.74. The first kappa shape index (κ1) is 11.7. The normalized spacial score (nSPS) is 11.1. The van der Waals surface area contributed by atoms with Crippen molar-refractivity contribution < 1.29 is 4.79 Å². The van der Waals surface area contributed by atoms with Crippen molar-refractivity contribution in [2.75, 3.05) is 0 Å². The van der Waals surface area contributed by atoms with Crippen LogP contribution in [0.5, 0.6) is 0 Å². The molecule has 3 rings (SSSR count). The first-order valence-corrected chi connectivity index (χ1v) is 6.19. The lowest BCUT2D eigenvalue weighted by Crippen LogP contribution is -1.97. The van der Waals surface area contributed by atoms with Crippen LogP contribution in [0.2, 0.25) is 0 Å². The van der Waals surface area contributed by atoms with Crippen molar-refractivity contribution in [2.24, 2.45) is 7.05 Å². The van der Waals surface area contributed by atoms with Crippen molar-refractivity contribution in [2.45, 2.75) is 13.8 Å². The molecule has 4 nitrogen and oxygen atoms in total. The van der Waals surface area contributed by atoms with Gasteiger partial charge in [-0.1, -0.05) is 18.2 Å². The molecule has 0 atom stereocenters. The van der Waals surface area contributed by atoms with E-state index in [2.05, 4.69) is 9.97 Å². The highest BCUT2D eigenvalue weighted by atomic mass is 16.1. The predicted octanol–water partition coefficient (Wildman–Crippen LogP) is 3.00. The molecule has 2 heterocycles. The average Bonchev–Trinajstić information content (AvgIpc) is 2.86. The highest BCUT2D eigenvalue weighted by Gasteiger charge is 2.18. The second-order valence-corrected chi connectivity index (χ2v) is 4.74. The summed E-state index contributed by atoms with van der Waals surface area (Å²) < 4.78 is 1.82. The molecule has 4 heteroatoms. The van der Waals surface area contributed by atoms with Gasteiger partial charge in [-0.05, 0) is 19.9 Å². The Morgan fingerprint density at radius 1 is 1.26 bits per heavy atom. The summed E-state index contributed by atoms with van der Waals surface area (Å²) in [6.45, 7) is 3.91. The van der Waals surface area contributed by atoms with E-state index in [-0.39, 0.29) is 0 Å². The third kappa shape index (κ3) is 1.60. The molecule has 2 aromatic heterocycles. The highest BCUT2D eigenvalue weighted by Crippen LogP contribution is 2.33. The third-order valence-electron chi connectivity index (χ3n) is 3.60. The maximum absolute atomic E-state index is 11.3. The van der Waals surface area contributed by atoms with Crippen LogP contribution in [0.1, 0.15) is 22.0 Å². The van der Waals surface area contributed by atoms with Crippen LogP contribution in [0.3, 0.4) is 0 Å². The molecule has 0 saturated carbocycles. The number of para-hydroxylation sites is 1. The number of carbonyl (C=O) groups is 1. The molecule has 0 fully saturated rings. The van der Waals surface area contributed by atoms with E-state index in [0.717, 1.165) is 40.0 Å². The van der Waals surface area contributed by atoms with E-state index < -0.39 is 0 Å². The lowest BCUT2D eigenvalue weighted by atomic mass is 10.1. The molecule has 0 aliphatic rings. The average molecular weight is 253 g/mol. The van der Waals surface area contributed by atoms with Gasteiger partial charge in [0.15, 0.2) is 6.29 Å². The number of nitrogens with one attached hydrogen (secondary N) is 1. The molecule has 96 valence electrons. The van der Waals surface area contributed by atoms with Gasteiger partial charge in [-0.15, -0.1) is 0 Å². The van der Waals surface area contributed by atoms with Gasteiger partial charge in [-0.3, -0.25) is 4.79 Å². The van der Waals surface area contributed by atoms with E-state index >= 15 is 0 Å². The Bertz CT molecular complexity index is 780. The van der Waals surface area contributed by atoms with E-state index in [1.165, 1.54) is 0 Å². The summed E-state index contributed by atoms with van der Waals surface area (Å²) in [6.07, 6.45) is 0.872.